The van der Waals surface area contributed by atoms with Gasteiger partial charge in [-0.05, 0) is 24.1 Å². The van der Waals surface area contributed by atoms with Crippen molar-refractivity contribution in [3.8, 4) is 5.75 Å². The van der Waals surface area contributed by atoms with Crippen LogP contribution in [0, 0.1) is 0 Å². The van der Waals surface area contributed by atoms with Gasteiger partial charge in [0.2, 0.25) is 6.41 Å². The van der Waals surface area contributed by atoms with Gasteiger partial charge in [0.25, 0.3) is 0 Å². The molecule has 0 spiro atoms. The zero-order chi connectivity index (χ0) is 11.1. The maximum absolute atomic E-state index is 11.1. The number of hydrogen-bond acceptors (Lipinski definition) is 2. The lowest BCUT2D eigenvalue weighted by molar-refractivity contribution is -0.107. The number of hydrogen-bond donors (Lipinski definition) is 1. The highest BCUT2D eigenvalue weighted by atomic mass is 16.5. The fraction of sp³-hybridized carbons (Fsp3) is 0.250. The topological polar surface area (TPSA) is 45.3 Å². The predicted octanol–water partition coefficient (Wildman–Crippen LogP) is 1.70. The number of ether oxygens (including phenoxy) is 1. The van der Waals surface area contributed by atoms with E-state index in [9.17, 15) is 4.79 Å². The third kappa shape index (κ3) is 1.07. The standard InChI is InChI=1S/C12H12N2O2/c1-16-10-3-2-9-11-8(6-13-9)4-5-14(7-15)12(10)11/h2-3,6-7,13H,4-5H2,1H3. The molecule has 4 nitrogen and oxygen atoms in total. The van der Waals surface area contributed by atoms with Gasteiger partial charge >= 0.3 is 0 Å². The molecule has 1 aromatic carbocycles. The van der Waals surface area contributed by atoms with E-state index in [2.05, 4.69) is 4.98 Å². The smallest absolute Gasteiger partial charge is 0.214 e. The highest BCUT2D eigenvalue weighted by Crippen LogP contribution is 2.40. The molecule has 2 aromatic rings. The molecule has 0 saturated carbocycles. The number of nitrogens with one attached hydrogen (secondary N) is 1. The normalized spacial score (nSPS) is 14.2. The van der Waals surface area contributed by atoms with E-state index in [0.29, 0.717) is 6.54 Å². The van der Waals surface area contributed by atoms with Crippen molar-refractivity contribution in [3.63, 3.8) is 0 Å². The Morgan fingerprint density at radius 2 is 2.38 bits per heavy atom. The third-order valence-electron chi connectivity index (χ3n) is 3.12. The van der Waals surface area contributed by atoms with Gasteiger partial charge in [-0.25, -0.2) is 0 Å². The molecule has 0 atom stereocenters. The predicted molar refractivity (Wildman–Crippen MR) is 62.0 cm³/mol. The summed E-state index contributed by atoms with van der Waals surface area (Å²) < 4.78 is 5.32. The number of aromatic amines is 1. The summed E-state index contributed by atoms with van der Waals surface area (Å²) in [5.74, 6) is 0.750. The molecule has 1 aliphatic heterocycles. The fourth-order valence-electron chi connectivity index (χ4n) is 2.36. The van der Waals surface area contributed by atoms with E-state index in [0.717, 1.165) is 35.2 Å². The highest BCUT2D eigenvalue weighted by molar-refractivity contribution is 6.03. The molecule has 1 N–H and O–H groups in total. The van der Waals surface area contributed by atoms with E-state index in [4.69, 9.17) is 4.74 Å². The van der Waals surface area contributed by atoms with Gasteiger partial charge in [0.15, 0.2) is 0 Å². The Morgan fingerprint density at radius 3 is 3.12 bits per heavy atom. The minimum absolute atomic E-state index is 0.712. The average molecular weight is 216 g/mol. The molecule has 1 aliphatic rings. The van der Waals surface area contributed by atoms with Crippen LogP contribution in [0.25, 0.3) is 10.9 Å². The third-order valence-corrected chi connectivity index (χ3v) is 3.12. The summed E-state index contributed by atoms with van der Waals surface area (Å²) in [6.07, 6.45) is 3.77. The van der Waals surface area contributed by atoms with E-state index in [1.807, 2.05) is 18.3 Å². The lowest BCUT2D eigenvalue weighted by Crippen LogP contribution is -2.27. The largest absolute Gasteiger partial charge is 0.495 e. The number of rotatable bonds is 2. The van der Waals surface area contributed by atoms with Crippen LogP contribution >= 0.6 is 0 Å². The van der Waals surface area contributed by atoms with Crippen molar-refractivity contribution in [3.05, 3.63) is 23.9 Å². The van der Waals surface area contributed by atoms with Gasteiger partial charge in [-0.3, -0.25) is 4.79 Å². The van der Waals surface area contributed by atoms with Gasteiger partial charge in [0, 0.05) is 23.6 Å². The second kappa shape index (κ2) is 3.27. The highest BCUT2D eigenvalue weighted by Gasteiger charge is 2.23. The maximum atomic E-state index is 11.1. The van der Waals surface area contributed by atoms with Crippen LogP contribution in [-0.2, 0) is 11.2 Å². The molecule has 0 radical (unpaired) electrons. The Morgan fingerprint density at radius 1 is 1.50 bits per heavy atom. The number of nitrogens with zero attached hydrogens (tertiary/aromatic N) is 1. The zero-order valence-electron chi connectivity index (χ0n) is 8.99. The van der Waals surface area contributed by atoms with Crippen molar-refractivity contribution in [1.29, 1.82) is 0 Å². The molecule has 1 amide bonds. The number of methoxy groups -OCH3 is 1. The summed E-state index contributed by atoms with van der Waals surface area (Å²) >= 11 is 0. The van der Waals surface area contributed by atoms with Crippen molar-refractivity contribution >= 4 is 23.0 Å². The summed E-state index contributed by atoms with van der Waals surface area (Å²) in [7, 11) is 1.63. The first-order valence-corrected chi connectivity index (χ1v) is 5.24. The number of benzene rings is 1. The van der Waals surface area contributed by atoms with Gasteiger partial charge in [0.1, 0.15) is 5.75 Å². The average Bonchev–Trinajstić information content (AvgIpc) is 2.75. The van der Waals surface area contributed by atoms with Crippen LogP contribution in [0.5, 0.6) is 5.75 Å². The van der Waals surface area contributed by atoms with Gasteiger partial charge in [-0.2, -0.15) is 0 Å². The summed E-state index contributed by atoms with van der Waals surface area (Å²) in [6, 6.07) is 3.87. The van der Waals surface area contributed by atoms with Gasteiger partial charge in [-0.15, -0.1) is 0 Å². The number of amides is 1. The molecule has 2 heterocycles. The Labute approximate surface area is 92.8 Å². The molecule has 0 saturated heterocycles. The molecule has 16 heavy (non-hydrogen) atoms. The SMILES string of the molecule is COc1ccc2[nH]cc3c2c1N(C=O)CC3. The van der Waals surface area contributed by atoms with Crippen molar-refractivity contribution < 1.29 is 9.53 Å². The Bertz CT molecular complexity index is 559. The first-order chi connectivity index (χ1) is 7.85. The van der Waals surface area contributed by atoms with Gasteiger partial charge < -0.3 is 14.6 Å². The first kappa shape index (κ1) is 9.27. The molecular weight excluding hydrogens is 204 g/mol. The van der Waals surface area contributed by atoms with E-state index in [1.54, 1.807) is 12.0 Å². The fourth-order valence-corrected chi connectivity index (χ4v) is 2.36. The number of carbonyl (C=O) groups excluding carboxylic acids is 1. The second-order valence-corrected chi connectivity index (χ2v) is 3.90. The van der Waals surface area contributed by atoms with E-state index in [1.165, 1.54) is 5.56 Å². The minimum atomic E-state index is 0.712. The molecule has 0 fully saturated rings. The van der Waals surface area contributed by atoms with Crippen LogP contribution < -0.4 is 9.64 Å². The van der Waals surface area contributed by atoms with Crippen LogP contribution in [-0.4, -0.2) is 25.0 Å². The number of carbonyl (C=O) groups is 1. The molecule has 82 valence electrons. The molecule has 1 aromatic heterocycles. The molecule has 0 aliphatic carbocycles. The molecule has 0 unspecified atom stereocenters. The van der Waals surface area contributed by atoms with Gasteiger partial charge in [-0.1, -0.05) is 0 Å². The lowest BCUT2D eigenvalue weighted by Gasteiger charge is -2.25. The van der Waals surface area contributed by atoms with Crippen molar-refractivity contribution in [1.82, 2.24) is 4.98 Å². The molecular formula is C12H12N2O2. The quantitative estimate of drug-likeness (QED) is 0.776. The molecule has 3 rings (SSSR count). The van der Waals surface area contributed by atoms with Crippen molar-refractivity contribution in [2.45, 2.75) is 6.42 Å². The number of aromatic nitrogens is 1. The Hall–Kier alpha value is -1.97. The summed E-state index contributed by atoms with van der Waals surface area (Å²) in [4.78, 5) is 16.0. The van der Waals surface area contributed by atoms with Crippen molar-refractivity contribution in [2.75, 3.05) is 18.6 Å². The number of anilines is 1. The van der Waals surface area contributed by atoms with E-state index < -0.39 is 0 Å². The monoisotopic (exact) mass is 216 g/mol. The summed E-state index contributed by atoms with van der Waals surface area (Å²) in [6.45, 7) is 0.712. The van der Waals surface area contributed by atoms with E-state index in [-0.39, 0.29) is 0 Å². The van der Waals surface area contributed by atoms with Crippen LogP contribution in [0.15, 0.2) is 18.3 Å². The van der Waals surface area contributed by atoms with Gasteiger partial charge in [0.05, 0.1) is 12.8 Å². The van der Waals surface area contributed by atoms with Crippen molar-refractivity contribution in [2.24, 2.45) is 0 Å². The Kier molecular flexibility index (Phi) is 1.89. The van der Waals surface area contributed by atoms with Crippen LogP contribution in [0.4, 0.5) is 5.69 Å². The zero-order valence-corrected chi connectivity index (χ0v) is 8.99. The van der Waals surface area contributed by atoms with Crippen LogP contribution in [0.3, 0.4) is 0 Å². The van der Waals surface area contributed by atoms with Crippen LogP contribution in [0.2, 0.25) is 0 Å². The minimum Gasteiger partial charge on any atom is -0.495 e. The maximum Gasteiger partial charge on any atom is 0.214 e. The first-order valence-electron chi connectivity index (χ1n) is 5.24. The number of H-pyrrole nitrogens is 1. The molecule has 4 heteroatoms. The summed E-state index contributed by atoms with van der Waals surface area (Å²) in [5.41, 5.74) is 3.19. The Balaban J connectivity index is 2.39. The lowest BCUT2D eigenvalue weighted by atomic mass is 10.0. The summed E-state index contributed by atoms with van der Waals surface area (Å²) in [5, 5.41) is 1.11. The molecule has 0 bridgehead atoms. The second-order valence-electron chi connectivity index (χ2n) is 3.90. The van der Waals surface area contributed by atoms with Crippen LogP contribution in [0.1, 0.15) is 5.56 Å². The van der Waals surface area contributed by atoms with E-state index >= 15 is 0 Å².